The van der Waals surface area contributed by atoms with Crippen LogP contribution >= 0.6 is 31.9 Å². The van der Waals surface area contributed by atoms with Crippen LogP contribution in [0.4, 0.5) is 11.4 Å². The van der Waals surface area contributed by atoms with Crippen LogP contribution in [0.25, 0.3) is 0 Å². The molecule has 0 radical (unpaired) electrons. The van der Waals surface area contributed by atoms with Crippen molar-refractivity contribution < 1.29 is 4.79 Å². The van der Waals surface area contributed by atoms with Crippen molar-refractivity contribution in [3.63, 3.8) is 0 Å². The number of anilines is 2. The van der Waals surface area contributed by atoms with Crippen molar-refractivity contribution in [1.29, 1.82) is 0 Å². The van der Waals surface area contributed by atoms with Crippen LogP contribution in [0.1, 0.15) is 10.4 Å². The molecule has 0 fully saturated rings. The van der Waals surface area contributed by atoms with E-state index in [9.17, 15) is 4.79 Å². The maximum absolute atomic E-state index is 12.0. The van der Waals surface area contributed by atoms with E-state index in [2.05, 4.69) is 37.2 Å². The molecular weight excluding hydrogens is 360 g/mol. The number of amides is 1. The summed E-state index contributed by atoms with van der Waals surface area (Å²) in [4.78, 5) is 12.0. The molecule has 18 heavy (non-hydrogen) atoms. The topological polar surface area (TPSA) is 55.1 Å². The lowest BCUT2D eigenvalue weighted by Gasteiger charge is -2.08. The lowest BCUT2D eigenvalue weighted by atomic mass is 10.2. The Bertz CT molecular complexity index is 599. The van der Waals surface area contributed by atoms with Gasteiger partial charge in [0, 0.05) is 20.2 Å². The summed E-state index contributed by atoms with van der Waals surface area (Å²) in [5.41, 5.74) is 7.45. The third-order valence-corrected chi connectivity index (χ3v) is 3.51. The summed E-state index contributed by atoms with van der Waals surface area (Å²) in [6.07, 6.45) is 0. The van der Waals surface area contributed by atoms with Gasteiger partial charge in [-0.25, -0.2) is 0 Å². The highest BCUT2D eigenvalue weighted by molar-refractivity contribution is 9.11. The van der Waals surface area contributed by atoms with Crippen LogP contribution in [0.5, 0.6) is 0 Å². The third kappa shape index (κ3) is 3.11. The molecule has 0 saturated carbocycles. The molecule has 0 unspecified atom stereocenters. The molecule has 0 spiro atoms. The van der Waals surface area contributed by atoms with Gasteiger partial charge < -0.3 is 11.1 Å². The lowest BCUT2D eigenvalue weighted by molar-refractivity contribution is 0.102. The first-order chi connectivity index (χ1) is 8.56. The van der Waals surface area contributed by atoms with Crippen molar-refractivity contribution in [3.8, 4) is 0 Å². The molecule has 3 N–H and O–H groups in total. The Morgan fingerprint density at radius 2 is 1.89 bits per heavy atom. The molecule has 5 heteroatoms. The van der Waals surface area contributed by atoms with Crippen molar-refractivity contribution in [2.45, 2.75) is 0 Å². The Morgan fingerprint density at radius 1 is 1.11 bits per heavy atom. The van der Waals surface area contributed by atoms with Crippen molar-refractivity contribution in [2.24, 2.45) is 0 Å². The van der Waals surface area contributed by atoms with Gasteiger partial charge in [-0.3, -0.25) is 4.79 Å². The average molecular weight is 370 g/mol. The Labute approximate surface area is 122 Å². The summed E-state index contributed by atoms with van der Waals surface area (Å²) >= 11 is 6.75. The highest BCUT2D eigenvalue weighted by Gasteiger charge is 2.08. The smallest absolute Gasteiger partial charge is 0.255 e. The number of hydrogen-bond acceptors (Lipinski definition) is 2. The van der Waals surface area contributed by atoms with Gasteiger partial charge in [0.25, 0.3) is 5.91 Å². The molecular formula is C13H10Br2N2O. The largest absolute Gasteiger partial charge is 0.399 e. The van der Waals surface area contributed by atoms with E-state index >= 15 is 0 Å². The monoisotopic (exact) mass is 368 g/mol. The summed E-state index contributed by atoms with van der Waals surface area (Å²) in [5, 5.41) is 2.82. The Morgan fingerprint density at radius 3 is 2.61 bits per heavy atom. The summed E-state index contributed by atoms with van der Waals surface area (Å²) in [6.45, 7) is 0. The Balaban J connectivity index is 2.24. The minimum Gasteiger partial charge on any atom is -0.399 e. The molecule has 2 rings (SSSR count). The van der Waals surface area contributed by atoms with Gasteiger partial charge in [-0.05, 0) is 52.3 Å². The van der Waals surface area contributed by atoms with E-state index in [-0.39, 0.29) is 5.91 Å². The quantitative estimate of drug-likeness (QED) is 0.784. The summed E-state index contributed by atoms with van der Waals surface area (Å²) in [7, 11) is 0. The minimum absolute atomic E-state index is 0.193. The molecule has 0 saturated heterocycles. The van der Waals surface area contributed by atoms with Gasteiger partial charge in [0.1, 0.15) is 0 Å². The van der Waals surface area contributed by atoms with E-state index in [0.717, 1.165) is 8.95 Å². The molecule has 92 valence electrons. The van der Waals surface area contributed by atoms with Crippen LogP contribution in [-0.2, 0) is 0 Å². The molecule has 0 atom stereocenters. The zero-order chi connectivity index (χ0) is 13.1. The third-order valence-electron chi connectivity index (χ3n) is 2.33. The molecule has 2 aromatic rings. The van der Waals surface area contributed by atoms with Crippen molar-refractivity contribution in [1.82, 2.24) is 0 Å². The van der Waals surface area contributed by atoms with E-state index in [0.29, 0.717) is 16.9 Å². The maximum atomic E-state index is 12.0. The zero-order valence-electron chi connectivity index (χ0n) is 9.28. The number of hydrogen-bond donors (Lipinski definition) is 2. The van der Waals surface area contributed by atoms with E-state index in [1.54, 1.807) is 24.3 Å². The van der Waals surface area contributed by atoms with Gasteiger partial charge in [-0.15, -0.1) is 0 Å². The first kappa shape index (κ1) is 13.1. The normalized spacial score (nSPS) is 10.1. The standard InChI is InChI=1S/C13H10Br2N2O/c14-9-4-5-11(15)12(7-9)17-13(18)8-2-1-3-10(16)6-8/h1-7H,16H2,(H,17,18). The van der Waals surface area contributed by atoms with Gasteiger partial charge in [0.2, 0.25) is 0 Å². The molecule has 1 amide bonds. The summed E-state index contributed by atoms with van der Waals surface area (Å²) in [5.74, 6) is -0.193. The molecule has 0 bridgehead atoms. The SMILES string of the molecule is Nc1cccc(C(=O)Nc2cc(Br)ccc2Br)c1. The van der Waals surface area contributed by atoms with Crippen LogP contribution in [0.3, 0.4) is 0 Å². The molecule has 0 heterocycles. The highest BCUT2D eigenvalue weighted by atomic mass is 79.9. The predicted molar refractivity (Wildman–Crippen MR) is 80.6 cm³/mol. The van der Waals surface area contributed by atoms with Crippen LogP contribution < -0.4 is 11.1 Å². The van der Waals surface area contributed by atoms with Crippen LogP contribution in [0.2, 0.25) is 0 Å². The van der Waals surface area contributed by atoms with Gasteiger partial charge in [0.15, 0.2) is 0 Å². The number of nitrogen functional groups attached to an aromatic ring is 1. The van der Waals surface area contributed by atoms with Crippen molar-refractivity contribution in [2.75, 3.05) is 11.1 Å². The van der Waals surface area contributed by atoms with E-state index in [4.69, 9.17) is 5.73 Å². The number of benzene rings is 2. The molecule has 0 aliphatic heterocycles. The van der Waals surface area contributed by atoms with E-state index < -0.39 is 0 Å². The average Bonchev–Trinajstić information content (AvgIpc) is 2.34. The Kier molecular flexibility index (Phi) is 4.04. The number of rotatable bonds is 2. The second kappa shape index (κ2) is 5.54. The first-order valence-electron chi connectivity index (χ1n) is 5.18. The molecule has 2 aromatic carbocycles. The van der Waals surface area contributed by atoms with Crippen molar-refractivity contribution >= 4 is 49.1 Å². The number of carbonyl (C=O) groups is 1. The molecule has 0 aliphatic carbocycles. The first-order valence-corrected chi connectivity index (χ1v) is 6.77. The maximum Gasteiger partial charge on any atom is 0.255 e. The predicted octanol–water partition coefficient (Wildman–Crippen LogP) is 4.05. The number of halogens is 2. The second-order valence-electron chi connectivity index (χ2n) is 3.70. The minimum atomic E-state index is -0.193. The van der Waals surface area contributed by atoms with Crippen LogP contribution in [0, 0.1) is 0 Å². The van der Waals surface area contributed by atoms with Gasteiger partial charge in [0.05, 0.1) is 5.69 Å². The lowest BCUT2D eigenvalue weighted by Crippen LogP contribution is -2.12. The molecule has 0 aliphatic rings. The van der Waals surface area contributed by atoms with Crippen molar-refractivity contribution in [3.05, 3.63) is 57.0 Å². The summed E-state index contributed by atoms with van der Waals surface area (Å²) < 4.78 is 1.72. The number of nitrogens with one attached hydrogen (secondary N) is 1. The van der Waals surface area contributed by atoms with Gasteiger partial charge in [-0.2, -0.15) is 0 Å². The summed E-state index contributed by atoms with van der Waals surface area (Å²) in [6, 6.07) is 12.4. The van der Waals surface area contributed by atoms with Crippen LogP contribution in [0.15, 0.2) is 51.4 Å². The number of nitrogens with two attached hydrogens (primary N) is 1. The second-order valence-corrected chi connectivity index (χ2v) is 5.47. The highest BCUT2D eigenvalue weighted by Crippen LogP contribution is 2.26. The fourth-order valence-electron chi connectivity index (χ4n) is 1.47. The number of carbonyl (C=O) groups excluding carboxylic acids is 1. The fourth-order valence-corrected chi connectivity index (χ4v) is 2.17. The van der Waals surface area contributed by atoms with Gasteiger partial charge in [-0.1, -0.05) is 22.0 Å². The van der Waals surface area contributed by atoms with Gasteiger partial charge >= 0.3 is 0 Å². The molecule has 0 aromatic heterocycles. The fraction of sp³-hybridized carbons (Fsp3) is 0. The van der Waals surface area contributed by atoms with E-state index in [1.165, 1.54) is 0 Å². The zero-order valence-corrected chi connectivity index (χ0v) is 12.5. The van der Waals surface area contributed by atoms with E-state index in [1.807, 2.05) is 18.2 Å². The van der Waals surface area contributed by atoms with Crippen LogP contribution in [-0.4, -0.2) is 5.91 Å². The Hall–Kier alpha value is -1.33. The molecule has 3 nitrogen and oxygen atoms in total.